The van der Waals surface area contributed by atoms with Crippen molar-refractivity contribution in [3.8, 4) is 5.75 Å². The predicted molar refractivity (Wildman–Crippen MR) is 123 cm³/mol. The zero-order chi connectivity index (χ0) is 20.9. The minimum atomic E-state index is 0.521. The summed E-state index contributed by atoms with van der Waals surface area (Å²) in [5.41, 5.74) is 10.1. The standard InChI is InChI=1S/C23H26ClNO2.CH5N/c24-14-4-1-5-15-27-23-12-9-18(10-13-23)19-6-2-3-7-20-17-22(25-26)11-8-21(20)16-19;1-2/h6,8-13,17H,1-5,7,14-16H2;2H2,1H3/b19-6+;. The quantitative estimate of drug-likeness (QED) is 0.308. The molecule has 0 radical (unpaired) electrons. The fraction of sp³-hybridized carbons (Fsp3) is 0.417. The summed E-state index contributed by atoms with van der Waals surface area (Å²) in [4.78, 5) is 10.8. The number of unbranched alkanes of at least 4 members (excludes halogenated alkanes) is 2. The van der Waals surface area contributed by atoms with Crippen LogP contribution in [0.4, 0.5) is 5.69 Å². The predicted octanol–water partition coefficient (Wildman–Crippen LogP) is 6.41. The van der Waals surface area contributed by atoms with Crippen molar-refractivity contribution in [2.24, 2.45) is 10.9 Å². The molecule has 1 aliphatic rings. The molecule has 0 heterocycles. The Morgan fingerprint density at radius 2 is 1.83 bits per heavy atom. The fourth-order valence-electron chi connectivity index (χ4n) is 3.47. The largest absolute Gasteiger partial charge is 0.494 e. The second kappa shape index (κ2) is 13.1. The minimum absolute atomic E-state index is 0.521. The van der Waals surface area contributed by atoms with Gasteiger partial charge in [0.2, 0.25) is 0 Å². The third kappa shape index (κ3) is 7.30. The zero-order valence-electron chi connectivity index (χ0n) is 17.2. The zero-order valence-corrected chi connectivity index (χ0v) is 18.0. The van der Waals surface area contributed by atoms with E-state index in [0.29, 0.717) is 5.69 Å². The van der Waals surface area contributed by atoms with Crippen molar-refractivity contribution < 1.29 is 4.74 Å². The first-order valence-electron chi connectivity index (χ1n) is 10.3. The average molecular weight is 415 g/mol. The van der Waals surface area contributed by atoms with Crippen molar-refractivity contribution in [2.75, 3.05) is 19.5 Å². The highest BCUT2D eigenvalue weighted by atomic mass is 35.5. The summed E-state index contributed by atoms with van der Waals surface area (Å²) in [7, 11) is 1.50. The molecule has 0 atom stereocenters. The molecule has 0 aliphatic heterocycles. The van der Waals surface area contributed by atoms with Gasteiger partial charge in [0.25, 0.3) is 0 Å². The Kier molecular flexibility index (Phi) is 10.5. The van der Waals surface area contributed by atoms with Crippen molar-refractivity contribution in [3.05, 3.63) is 70.1 Å². The SMILES string of the molecule is CN.O=Nc1ccc2c(c1)CCC/C=C(/c1ccc(OCCCCCCl)cc1)C2. The lowest BCUT2D eigenvalue weighted by atomic mass is 9.89. The number of hydrogen-bond donors (Lipinski definition) is 1. The lowest BCUT2D eigenvalue weighted by Gasteiger charge is -2.16. The smallest absolute Gasteiger partial charge is 0.119 e. The molecule has 3 rings (SSSR count). The molecule has 156 valence electrons. The molecule has 0 saturated carbocycles. The Hall–Kier alpha value is -2.17. The molecule has 0 amide bonds. The van der Waals surface area contributed by atoms with Crippen LogP contribution in [0.15, 0.2) is 53.7 Å². The van der Waals surface area contributed by atoms with Gasteiger partial charge in [-0.15, -0.1) is 16.5 Å². The second-order valence-electron chi connectivity index (χ2n) is 6.97. The van der Waals surface area contributed by atoms with E-state index in [1.807, 2.05) is 18.2 Å². The number of ether oxygens (including phenoxy) is 1. The first-order valence-corrected chi connectivity index (χ1v) is 10.8. The van der Waals surface area contributed by atoms with Crippen LogP contribution in [-0.4, -0.2) is 19.5 Å². The number of benzene rings is 2. The van der Waals surface area contributed by atoms with Gasteiger partial charge in [0.05, 0.1) is 6.61 Å². The maximum atomic E-state index is 10.8. The third-order valence-electron chi connectivity index (χ3n) is 4.99. The Labute approximate surface area is 179 Å². The molecule has 2 N–H and O–H groups in total. The Morgan fingerprint density at radius 3 is 2.55 bits per heavy atom. The molecule has 29 heavy (non-hydrogen) atoms. The van der Waals surface area contributed by atoms with Gasteiger partial charge in [0.1, 0.15) is 11.4 Å². The normalized spacial score (nSPS) is 14.9. The van der Waals surface area contributed by atoms with Crippen LogP contribution in [0.2, 0.25) is 0 Å². The van der Waals surface area contributed by atoms with E-state index in [9.17, 15) is 4.91 Å². The Morgan fingerprint density at radius 1 is 1.03 bits per heavy atom. The van der Waals surface area contributed by atoms with Crippen LogP contribution >= 0.6 is 11.6 Å². The van der Waals surface area contributed by atoms with E-state index in [-0.39, 0.29) is 0 Å². The molecule has 0 aromatic heterocycles. The summed E-state index contributed by atoms with van der Waals surface area (Å²) in [6, 6.07) is 14.2. The van der Waals surface area contributed by atoms with Crippen LogP contribution in [0, 0.1) is 4.91 Å². The molecule has 5 heteroatoms. The number of allylic oxidation sites excluding steroid dienone is 2. The van der Waals surface area contributed by atoms with Crippen molar-refractivity contribution >= 4 is 22.9 Å². The van der Waals surface area contributed by atoms with E-state index in [1.165, 1.54) is 29.3 Å². The van der Waals surface area contributed by atoms with Crippen LogP contribution in [-0.2, 0) is 12.8 Å². The van der Waals surface area contributed by atoms with E-state index in [0.717, 1.165) is 63.2 Å². The highest BCUT2D eigenvalue weighted by Crippen LogP contribution is 2.29. The van der Waals surface area contributed by atoms with Crippen LogP contribution in [0.25, 0.3) is 5.57 Å². The van der Waals surface area contributed by atoms with Gasteiger partial charge in [-0.1, -0.05) is 24.3 Å². The summed E-state index contributed by atoms with van der Waals surface area (Å²) < 4.78 is 5.82. The van der Waals surface area contributed by atoms with E-state index in [4.69, 9.17) is 16.3 Å². The first kappa shape index (κ1) is 23.1. The van der Waals surface area contributed by atoms with Crippen LogP contribution < -0.4 is 10.5 Å². The molecule has 0 saturated heterocycles. The molecule has 2 aromatic rings. The van der Waals surface area contributed by atoms with Crippen LogP contribution in [0.3, 0.4) is 0 Å². The number of nitrogens with two attached hydrogens (primary N) is 1. The van der Waals surface area contributed by atoms with Crippen LogP contribution in [0.5, 0.6) is 5.75 Å². The maximum Gasteiger partial charge on any atom is 0.119 e. The number of aryl methyl sites for hydroxylation is 1. The number of nitrogens with zero attached hydrogens (tertiary/aromatic N) is 1. The highest BCUT2D eigenvalue weighted by Gasteiger charge is 2.12. The van der Waals surface area contributed by atoms with E-state index < -0.39 is 0 Å². The number of rotatable bonds is 8. The van der Waals surface area contributed by atoms with Crippen LogP contribution in [0.1, 0.15) is 48.8 Å². The van der Waals surface area contributed by atoms with Gasteiger partial charge in [-0.3, -0.25) is 0 Å². The van der Waals surface area contributed by atoms with Crippen molar-refractivity contribution in [1.82, 2.24) is 0 Å². The molecule has 0 unspecified atom stereocenters. The van der Waals surface area contributed by atoms with Gasteiger partial charge in [-0.25, -0.2) is 0 Å². The summed E-state index contributed by atoms with van der Waals surface area (Å²) in [5, 5.41) is 3.08. The number of nitroso groups, excluding NO2 is 1. The van der Waals surface area contributed by atoms with E-state index >= 15 is 0 Å². The molecular weight excluding hydrogens is 384 g/mol. The van der Waals surface area contributed by atoms with Gasteiger partial charge < -0.3 is 10.5 Å². The Balaban J connectivity index is 0.00000145. The summed E-state index contributed by atoms with van der Waals surface area (Å²) in [6.07, 6.45) is 9.55. The fourth-order valence-corrected chi connectivity index (χ4v) is 3.66. The Bertz CT molecular complexity index is 788. The molecule has 0 spiro atoms. The summed E-state index contributed by atoms with van der Waals surface area (Å²) in [5.74, 6) is 1.64. The molecule has 4 nitrogen and oxygen atoms in total. The summed E-state index contributed by atoms with van der Waals surface area (Å²) >= 11 is 5.69. The van der Waals surface area contributed by atoms with E-state index in [1.54, 1.807) is 0 Å². The van der Waals surface area contributed by atoms with Gasteiger partial charge in [0, 0.05) is 5.88 Å². The average Bonchev–Trinajstić information content (AvgIpc) is 2.76. The van der Waals surface area contributed by atoms with Crippen molar-refractivity contribution in [3.63, 3.8) is 0 Å². The summed E-state index contributed by atoms with van der Waals surface area (Å²) in [6.45, 7) is 0.736. The topological polar surface area (TPSA) is 64.7 Å². The molecular formula is C24H31ClN2O2. The van der Waals surface area contributed by atoms with Crippen molar-refractivity contribution in [1.29, 1.82) is 0 Å². The lowest BCUT2D eigenvalue weighted by molar-refractivity contribution is 0.306. The van der Waals surface area contributed by atoms with Gasteiger partial charge in [-0.05, 0) is 104 Å². The number of halogens is 1. The molecule has 0 bridgehead atoms. The first-order chi connectivity index (χ1) is 14.3. The van der Waals surface area contributed by atoms with Crippen molar-refractivity contribution in [2.45, 2.75) is 44.9 Å². The number of alkyl halides is 1. The minimum Gasteiger partial charge on any atom is -0.494 e. The molecule has 2 aromatic carbocycles. The monoisotopic (exact) mass is 414 g/mol. The third-order valence-corrected chi connectivity index (χ3v) is 5.26. The van der Waals surface area contributed by atoms with Gasteiger partial charge in [0.15, 0.2) is 0 Å². The van der Waals surface area contributed by atoms with Gasteiger partial charge >= 0.3 is 0 Å². The number of hydrogen-bond acceptors (Lipinski definition) is 4. The number of fused-ring (bicyclic) bond motifs is 1. The highest BCUT2D eigenvalue weighted by molar-refractivity contribution is 6.17. The second-order valence-corrected chi connectivity index (χ2v) is 7.34. The maximum absolute atomic E-state index is 10.8. The lowest BCUT2D eigenvalue weighted by Crippen LogP contribution is -2.01. The van der Waals surface area contributed by atoms with Gasteiger partial charge in [-0.2, -0.15) is 0 Å². The molecule has 0 fully saturated rings. The molecule has 1 aliphatic carbocycles. The van der Waals surface area contributed by atoms with E-state index in [2.05, 4.69) is 41.3 Å².